The van der Waals surface area contributed by atoms with Gasteiger partial charge in [0.05, 0.1) is 5.52 Å². The van der Waals surface area contributed by atoms with Crippen LogP contribution in [0.3, 0.4) is 0 Å². The van der Waals surface area contributed by atoms with Gasteiger partial charge in [-0.25, -0.2) is 0 Å². The van der Waals surface area contributed by atoms with E-state index in [1.54, 1.807) is 0 Å². The van der Waals surface area contributed by atoms with Crippen molar-refractivity contribution in [3.8, 4) is 0 Å². The van der Waals surface area contributed by atoms with Crippen molar-refractivity contribution in [2.24, 2.45) is 0 Å². The Kier molecular flexibility index (Phi) is 7.51. The Bertz CT molecular complexity index is 944. The summed E-state index contributed by atoms with van der Waals surface area (Å²) in [5, 5.41) is 5.43. The normalized spacial score (nSPS) is 11.4. The second kappa shape index (κ2) is 10.1. The molecule has 0 fully saturated rings. The van der Waals surface area contributed by atoms with E-state index < -0.39 is 0 Å². The van der Waals surface area contributed by atoms with E-state index in [9.17, 15) is 0 Å². The Morgan fingerprint density at radius 1 is 1.00 bits per heavy atom. The van der Waals surface area contributed by atoms with Gasteiger partial charge in [0, 0.05) is 41.9 Å². The molecule has 0 aliphatic carbocycles. The number of hydrogen-bond donors (Lipinski definition) is 1. The Morgan fingerprint density at radius 2 is 1.76 bits per heavy atom. The maximum atomic E-state index is 6.09. The van der Waals surface area contributed by atoms with Crippen molar-refractivity contribution in [3.63, 3.8) is 0 Å². The minimum absolute atomic E-state index is 0.721. The van der Waals surface area contributed by atoms with Gasteiger partial charge in [0.1, 0.15) is 0 Å². The van der Waals surface area contributed by atoms with E-state index in [1.807, 2.05) is 30.5 Å². The van der Waals surface area contributed by atoms with Crippen molar-refractivity contribution in [2.45, 2.75) is 47.1 Å². The van der Waals surface area contributed by atoms with Gasteiger partial charge in [-0.15, -0.1) is 0 Å². The van der Waals surface area contributed by atoms with Crippen LogP contribution in [0.2, 0.25) is 5.02 Å². The van der Waals surface area contributed by atoms with E-state index in [0.717, 1.165) is 54.2 Å². The van der Waals surface area contributed by atoms with Crippen molar-refractivity contribution >= 4 is 28.2 Å². The topological polar surface area (TPSA) is 28.2 Å². The van der Waals surface area contributed by atoms with Crippen LogP contribution in [0.4, 0.5) is 5.69 Å². The molecular weight excluding hydrogens is 378 g/mol. The van der Waals surface area contributed by atoms with Crippen molar-refractivity contribution in [2.75, 3.05) is 25.0 Å². The monoisotopic (exact) mass is 409 g/mol. The minimum Gasteiger partial charge on any atom is -0.384 e. The van der Waals surface area contributed by atoms with Crippen LogP contribution in [0.1, 0.15) is 42.0 Å². The molecule has 3 nitrogen and oxygen atoms in total. The molecule has 4 heteroatoms. The summed E-state index contributed by atoms with van der Waals surface area (Å²) in [6, 6.07) is 12.5. The molecule has 3 aromatic rings. The smallest absolute Gasteiger partial charge is 0.0737 e. The van der Waals surface area contributed by atoms with Crippen LogP contribution in [-0.4, -0.2) is 29.5 Å². The first-order valence-corrected chi connectivity index (χ1v) is 10.9. The Balaban J connectivity index is 1.59. The summed E-state index contributed by atoms with van der Waals surface area (Å²) in [6.45, 7) is 13.1. The molecule has 0 aliphatic rings. The molecule has 1 heterocycles. The number of pyridine rings is 1. The summed E-state index contributed by atoms with van der Waals surface area (Å²) in [4.78, 5) is 7.00. The zero-order valence-electron chi connectivity index (χ0n) is 18.1. The van der Waals surface area contributed by atoms with Crippen LogP contribution >= 0.6 is 11.6 Å². The van der Waals surface area contributed by atoms with E-state index in [2.05, 4.69) is 55.0 Å². The number of fused-ring (bicyclic) bond motifs is 1. The molecule has 0 saturated heterocycles. The van der Waals surface area contributed by atoms with Gasteiger partial charge in [-0.1, -0.05) is 36.2 Å². The molecule has 0 amide bonds. The standard InChI is InChI=1S/C25H32ClN3/c1-5-12-29(17-23-19(3)14-18(2)15-20(23)4)13-6-10-27-24-9-11-28-25-16-21(26)7-8-22(24)25/h7-9,11,14-16H,5-6,10,12-13,17H2,1-4H3,(H,27,28). The predicted molar refractivity (Wildman–Crippen MR) is 126 cm³/mol. The van der Waals surface area contributed by atoms with Crippen LogP contribution in [0.15, 0.2) is 42.6 Å². The lowest BCUT2D eigenvalue weighted by Gasteiger charge is -2.24. The van der Waals surface area contributed by atoms with Crippen molar-refractivity contribution in [3.05, 3.63) is 69.9 Å². The number of aromatic nitrogens is 1. The summed E-state index contributed by atoms with van der Waals surface area (Å²) in [5.41, 5.74) is 7.70. The maximum Gasteiger partial charge on any atom is 0.0737 e. The van der Waals surface area contributed by atoms with Crippen molar-refractivity contribution in [1.82, 2.24) is 9.88 Å². The summed E-state index contributed by atoms with van der Waals surface area (Å²) < 4.78 is 0. The number of halogens is 1. The summed E-state index contributed by atoms with van der Waals surface area (Å²) in [7, 11) is 0. The largest absolute Gasteiger partial charge is 0.384 e. The molecule has 0 aliphatic heterocycles. The highest BCUT2D eigenvalue weighted by Crippen LogP contribution is 2.24. The zero-order valence-corrected chi connectivity index (χ0v) is 18.8. The first-order chi connectivity index (χ1) is 14.0. The van der Waals surface area contributed by atoms with Crippen molar-refractivity contribution < 1.29 is 0 Å². The lowest BCUT2D eigenvalue weighted by Crippen LogP contribution is -2.27. The highest BCUT2D eigenvalue weighted by atomic mass is 35.5. The number of nitrogens with one attached hydrogen (secondary N) is 1. The number of hydrogen-bond acceptors (Lipinski definition) is 3. The number of aryl methyl sites for hydroxylation is 3. The third-order valence-corrected chi connectivity index (χ3v) is 5.67. The Hall–Kier alpha value is -2.10. The fourth-order valence-corrected chi connectivity index (χ4v) is 4.24. The van der Waals surface area contributed by atoms with Crippen LogP contribution in [0, 0.1) is 20.8 Å². The highest BCUT2D eigenvalue weighted by molar-refractivity contribution is 6.31. The summed E-state index contributed by atoms with van der Waals surface area (Å²) in [5.74, 6) is 0. The molecule has 154 valence electrons. The SMILES string of the molecule is CCCN(CCCNc1ccnc2cc(Cl)ccc12)Cc1c(C)cc(C)cc1C. The van der Waals surface area contributed by atoms with Gasteiger partial charge in [0.2, 0.25) is 0 Å². The maximum absolute atomic E-state index is 6.09. The van der Waals surface area contributed by atoms with Crippen LogP contribution < -0.4 is 5.32 Å². The number of benzene rings is 2. The summed E-state index contributed by atoms with van der Waals surface area (Å²) in [6.07, 6.45) is 4.11. The van der Waals surface area contributed by atoms with E-state index >= 15 is 0 Å². The first-order valence-electron chi connectivity index (χ1n) is 10.5. The summed E-state index contributed by atoms with van der Waals surface area (Å²) >= 11 is 6.09. The number of nitrogens with zero attached hydrogens (tertiary/aromatic N) is 2. The number of rotatable bonds is 9. The second-order valence-electron chi connectivity index (χ2n) is 7.95. The average Bonchev–Trinajstić information content (AvgIpc) is 2.67. The molecular formula is C25H32ClN3. The molecule has 3 rings (SSSR count). The van der Waals surface area contributed by atoms with Gasteiger partial charge >= 0.3 is 0 Å². The van der Waals surface area contributed by atoms with Gasteiger partial charge < -0.3 is 5.32 Å². The van der Waals surface area contributed by atoms with Gasteiger partial charge in [-0.05, 0) is 81.1 Å². The molecule has 1 N–H and O–H groups in total. The van der Waals surface area contributed by atoms with Gasteiger partial charge in [0.15, 0.2) is 0 Å². The van der Waals surface area contributed by atoms with Gasteiger partial charge in [-0.3, -0.25) is 9.88 Å². The minimum atomic E-state index is 0.721. The van der Waals surface area contributed by atoms with Crippen LogP contribution in [-0.2, 0) is 6.54 Å². The third-order valence-electron chi connectivity index (χ3n) is 5.43. The molecule has 0 radical (unpaired) electrons. The van der Waals surface area contributed by atoms with E-state index in [1.165, 1.54) is 28.7 Å². The molecule has 0 atom stereocenters. The van der Waals surface area contributed by atoms with E-state index in [0.29, 0.717) is 0 Å². The zero-order chi connectivity index (χ0) is 20.8. The molecule has 2 aromatic carbocycles. The van der Waals surface area contributed by atoms with Gasteiger partial charge in [0.25, 0.3) is 0 Å². The van der Waals surface area contributed by atoms with Crippen LogP contribution in [0.25, 0.3) is 10.9 Å². The highest BCUT2D eigenvalue weighted by Gasteiger charge is 2.10. The lowest BCUT2D eigenvalue weighted by molar-refractivity contribution is 0.264. The Morgan fingerprint density at radius 3 is 2.48 bits per heavy atom. The van der Waals surface area contributed by atoms with Gasteiger partial charge in [-0.2, -0.15) is 0 Å². The van der Waals surface area contributed by atoms with E-state index in [4.69, 9.17) is 11.6 Å². The molecule has 29 heavy (non-hydrogen) atoms. The van der Waals surface area contributed by atoms with E-state index in [-0.39, 0.29) is 0 Å². The molecule has 0 unspecified atom stereocenters. The molecule has 0 spiro atoms. The average molecular weight is 410 g/mol. The molecule has 0 saturated carbocycles. The Labute approximate surface area is 180 Å². The lowest BCUT2D eigenvalue weighted by atomic mass is 9.99. The fraction of sp³-hybridized carbons (Fsp3) is 0.400. The third kappa shape index (κ3) is 5.71. The molecule has 1 aromatic heterocycles. The quantitative estimate of drug-likeness (QED) is 0.407. The second-order valence-corrected chi connectivity index (χ2v) is 8.39. The number of anilines is 1. The van der Waals surface area contributed by atoms with Crippen LogP contribution in [0.5, 0.6) is 0 Å². The molecule has 0 bridgehead atoms. The predicted octanol–water partition coefficient (Wildman–Crippen LogP) is 6.53. The first kappa shape index (κ1) is 21.6. The van der Waals surface area contributed by atoms with Crippen molar-refractivity contribution in [1.29, 1.82) is 0 Å². The fourth-order valence-electron chi connectivity index (χ4n) is 4.07.